The SMILES string of the molecule is O=C(COC(=O)C1=NN(c2ccccc2)C(=O)CC1)Nc1c(Cl)cccc1Cl. The van der Waals surface area contributed by atoms with Crippen molar-refractivity contribution in [3.63, 3.8) is 0 Å². The van der Waals surface area contributed by atoms with Crippen molar-refractivity contribution in [2.45, 2.75) is 12.8 Å². The molecule has 2 aromatic rings. The largest absolute Gasteiger partial charge is 0.451 e. The Bertz CT molecular complexity index is 927. The zero-order valence-corrected chi connectivity index (χ0v) is 16.0. The summed E-state index contributed by atoms with van der Waals surface area (Å²) in [5.41, 5.74) is 0.846. The van der Waals surface area contributed by atoms with Crippen LogP contribution in [0.3, 0.4) is 0 Å². The van der Waals surface area contributed by atoms with Crippen LogP contribution >= 0.6 is 23.2 Å². The average molecular weight is 420 g/mol. The molecule has 0 spiro atoms. The number of carbonyl (C=O) groups is 3. The van der Waals surface area contributed by atoms with Gasteiger partial charge in [0.2, 0.25) is 5.91 Å². The van der Waals surface area contributed by atoms with Crippen LogP contribution < -0.4 is 10.3 Å². The van der Waals surface area contributed by atoms with Gasteiger partial charge < -0.3 is 10.1 Å². The Labute approximate surface area is 170 Å². The maximum absolute atomic E-state index is 12.2. The first-order valence-electron chi connectivity index (χ1n) is 8.32. The van der Waals surface area contributed by atoms with Gasteiger partial charge in [-0.2, -0.15) is 5.10 Å². The number of ether oxygens (including phenoxy) is 1. The molecular formula is C19H15Cl2N3O4. The summed E-state index contributed by atoms with van der Waals surface area (Å²) in [5, 5.41) is 8.25. The van der Waals surface area contributed by atoms with Crippen LogP contribution in [0.15, 0.2) is 53.6 Å². The normalized spacial score (nSPS) is 13.7. The topological polar surface area (TPSA) is 88.1 Å². The second-order valence-electron chi connectivity index (χ2n) is 5.81. The lowest BCUT2D eigenvalue weighted by Gasteiger charge is -2.22. The summed E-state index contributed by atoms with van der Waals surface area (Å²) < 4.78 is 5.01. The van der Waals surface area contributed by atoms with Crippen molar-refractivity contribution < 1.29 is 19.1 Å². The molecule has 0 saturated carbocycles. The second-order valence-corrected chi connectivity index (χ2v) is 6.62. The van der Waals surface area contributed by atoms with Crippen LogP contribution in [-0.4, -0.2) is 30.1 Å². The van der Waals surface area contributed by atoms with Gasteiger partial charge in [-0.15, -0.1) is 0 Å². The fourth-order valence-electron chi connectivity index (χ4n) is 2.48. The molecule has 1 N–H and O–H groups in total. The second kappa shape index (κ2) is 8.86. The summed E-state index contributed by atoms with van der Waals surface area (Å²) in [6, 6.07) is 13.5. The van der Waals surface area contributed by atoms with Crippen molar-refractivity contribution in [1.29, 1.82) is 0 Å². The predicted octanol–water partition coefficient (Wildman–Crippen LogP) is 3.66. The fraction of sp³-hybridized carbons (Fsp3) is 0.158. The summed E-state index contributed by atoms with van der Waals surface area (Å²) in [7, 11) is 0. The van der Waals surface area contributed by atoms with Crippen molar-refractivity contribution in [2.24, 2.45) is 5.10 Å². The van der Waals surface area contributed by atoms with Crippen LogP contribution in [0.25, 0.3) is 0 Å². The standard InChI is InChI=1S/C19H15Cl2N3O4/c20-13-7-4-8-14(21)18(13)22-16(25)11-28-19(27)15-9-10-17(26)24(23-15)12-5-2-1-3-6-12/h1-8H,9-11H2,(H,22,25). The molecule has 9 heteroatoms. The molecule has 144 valence electrons. The highest BCUT2D eigenvalue weighted by Crippen LogP contribution is 2.29. The number of benzene rings is 2. The van der Waals surface area contributed by atoms with E-state index in [2.05, 4.69) is 10.4 Å². The third-order valence-corrected chi connectivity index (χ3v) is 4.46. The summed E-state index contributed by atoms with van der Waals surface area (Å²) in [6.45, 7) is -0.543. The summed E-state index contributed by atoms with van der Waals surface area (Å²) in [6.07, 6.45) is 0.253. The predicted molar refractivity (Wildman–Crippen MR) is 107 cm³/mol. The number of amides is 2. The quantitative estimate of drug-likeness (QED) is 0.748. The Morgan fingerprint density at radius 2 is 1.71 bits per heavy atom. The number of nitrogens with zero attached hydrogens (tertiary/aromatic N) is 2. The summed E-state index contributed by atoms with van der Waals surface area (Å²) in [4.78, 5) is 36.4. The van der Waals surface area contributed by atoms with Crippen molar-refractivity contribution in [3.8, 4) is 0 Å². The number of rotatable bonds is 5. The van der Waals surface area contributed by atoms with E-state index in [0.717, 1.165) is 5.01 Å². The molecule has 2 amide bonds. The number of halogens is 2. The van der Waals surface area contributed by atoms with E-state index in [0.29, 0.717) is 5.69 Å². The van der Waals surface area contributed by atoms with Gasteiger partial charge in [-0.3, -0.25) is 9.59 Å². The molecular weight excluding hydrogens is 405 g/mol. The van der Waals surface area contributed by atoms with Crippen molar-refractivity contribution in [2.75, 3.05) is 16.9 Å². The zero-order valence-electron chi connectivity index (χ0n) is 14.5. The number of anilines is 2. The highest BCUT2D eigenvalue weighted by Gasteiger charge is 2.26. The maximum atomic E-state index is 12.2. The van der Waals surface area contributed by atoms with Gasteiger partial charge in [0.25, 0.3) is 5.91 Å². The molecule has 0 saturated heterocycles. The summed E-state index contributed by atoms with van der Waals surface area (Å²) >= 11 is 12.0. The molecule has 1 aliphatic heterocycles. The third-order valence-electron chi connectivity index (χ3n) is 3.83. The lowest BCUT2D eigenvalue weighted by molar-refractivity contribution is -0.140. The first kappa shape index (κ1) is 19.9. The van der Waals surface area contributed by atoms with E-state index in [9.17, 15) is 14.4 Å². The number of hydrazone groups is 1. The van der Waals surface area contributed by atoms with E-state index in [-0.39, 0.29) is 40.2 Å². The van der Waals surface area contributed by atoms with E-state index in [1.165, 1.54) is 0 Å². The number of hydrogen-bond donors (Lipinski definition) is 1. The zero-order chi connectivity index (χ0) is 20.1. The number of para-hydroxylation sites is 2. The number of esters is 1. The summed E-state index contributed by atoms with van der Waals surface area (Å²) in [5.74, 6) is -1.60. The molecule has 1 heterocycles. The van der Waals surface area contributed by atoms with Crippen molar-refractivity contribution in [1.82, 2.24) is 0 Å². The molecule has 0 radical (unpaired) electrons. The maximum Gasteiger partial charge on any atom is 0.355 e. The lowest BCUT2D eigenvalue weighted by Crippen LogP contribution is -2.35. The molecule has 1 aliphatic rings. The van der Waals surface area contributed by atoms with Crippen LogP contribution in [0.5, 0.6) is 0 Å². The van der Waals surface area contributed by atoms with Crippen LogP contribution in [0, 0.1) is 0 Å². The van der Waals surface area contributed by atoms with Crippen LogP contribution in [0.2, 0.25) is 10.0 Å². The van der Waals surface area contributed by atoms with E-state index in [1.54, 1.807) is 48.5 Å². The smallest absolute Gasteiger partial charge is 0.355 e. The lowest BCUT2D eigenvalue weighted by atomic mass is 10.1. The van der Waals surface area contributed by atoms with Gasteiger partial charge >= 0.3 is 5.97 Å². The van der Waals surface area contributed by atoms with Gasteiger partial charge in [0.15, 0.2) is 6.61 Å². The Balaban J connectivity index is 1.63. The minimum Gasteiger partial charge on any atom is -0.451 e. The van der Waals surface area contributed by atoms with Gasteiger partial charge in [-0.25, -0.2) is 9.80 Å². The highest BCUT2D eigenvalue weighted by molar-refractivity contribution is 6.40. The number of carbonyl (C=O) groups excluding carboxylic acids is 3. The van der Waals surface area contributed by atoms with Gasteiger partial charge in [0.1, 0.15) is 5.71 Å². The number of nitrogens with one attached hydrogen (secondary N) is 1. The Morgan fingerprint density at radius 1 is 1.04 bits per heavy atom. The van der Waals surface area contributed by atoms with Gasteiger partial charge in [-0.1, -0.05) is 47.5 Å². The fourth-order valence-corrected chi connectivity index (χ4v) is 2.97. The molecule has 28 heavy (non-hydrogen) atoms. The molecule has 0 bridgehead atoms. The van der Waals surface area contributed by atoms with Crippen LogP contribution in [-0.2, 0) is 19.1 Å². The van der Waals surface area contributed by atoms with Gasteiger partial charge in [-0.05, 0) is 24.3 Å². The van der Waals surface area contributed by atoms with E-state index >= 15 is 0 Å². The Hall–Kier alpha value is -2.90. The molecule has 2 aromatic carbocycles. The first-order chi connectivity index (χ1) is 13.5. The third kappa shape index (κ3) is 4.68. The van der Waals surface area contributed by atoms with E-state index in [4.69, 9.17) is 27.9 Å². The highest BCUT2D eigenvalue weighted by atomic mass is 35.5. The molecule has 0 unspecified atom stereocenters. The molecule has 0 atom stereocenters. The Kier molecular flexibility index (Phi) is 6.28. The van der Waals surface area contributed by atoms with Crippen molar-refractivity contribution in [3.05, 3.63) is 58.6 Å². The number of hydrogen-bond acceptors (Lipinski definition) is 5. The van der Waals surface area contributed by atoms with Gasteiger partial charge in [0, 0.05) is 12.8 Å². The van der Waals surface area contributed by atoms with Gasteiger partial charge in [0.05, 0.1) is 21.4 Å². The Morgan fingerprint density at radius 3 is 2.39 bits per heavy atom. The minimum absolute atomic E-state index is 0.0621. The van der Waals surface area contributed by atoms with Crippen LogP contribution in [0.4, 0.5) is 11.4 Å². The molecule has 7 nitrogen and oxygen atoms in total. The molecule has 0 fully saturated rings. The monoisotopic (exact) mass is 419 g/mol. The van der Waals surface area contributed by atoms with Crippen LogP contribution in [0.1, 0.15) is 12.8 Å². The first-order valence-corrected chi connectivity index (χ1v) is 9.08. The molecule has 0 aliphatic carbocycles. The average Bonchev–Trinajstić information content (AvgIpc) is 2.70. The van der Waals surface area contributed by atoms with E-state index < -0.39 is 18.5 Å². The van der Waals surface area contributed by atoms with Crippen molar-refractivity contribution >= 4 is 58.1 Å². The molecule has 3 rings (SSSR count). The minimum atomic E-state index is -0.770. The molecule has 0 aromatic heterocycles. The van der Waals surface area contributed by atoms with E-state index in [1.807, 2.05) is 0 Å².